The lowest BCUT2D eigenvalue weighted by molar-refractivity contribution is -0.285. The van der Waals surface area contributed by atoms with E-state index in [-0.39, 0.29) is 11.9 Å². The van der Waals surface area contributed by atoms with Gasteiger partial charge < -0.3 is 28.4 Å². The Morgan fingerprint density at radius 3 is 2.41 bits per heavy atom. The molecule has 0 amide bonds. The van der Waals surface area contributed by atoms with Crippen LogP contribution >= 0.6 is 0 Å². The van der Waals surface area contributed by atoms with Crippen LogP contribution in [-0.4, -0.2) is 60.0 Å². The lowest BCUT2D eigenvalue weighted by atomic mass is 9.39. The molecule has 6 aliphatic heterocycles. The number of esters is 3. The third-order valence-corrected chi connectivity index (χ3v) is 10.5. The molecule has 6 heterocycles. The maximum atomic E-state index is 14.0. The summed E-state index contributed by atoms with van der Waals surface area (Å²) < 4.78 is 36.8. The van der Waals surface area contributed by atoms with E-state index in [0.29, 0.717) is 13.0 Å². The number of ether oxygens (including phenoxy) is 6. The topological polar surface area (TPSA) is 110 Å². The van der Waals surface area contributed by atoms with Crippen LogP contribution in [-0.2, 0) is 42.8 Å². The van der Waals surface area contributed by atoms with Crippen LogP contribution in [0.2, 0.25) is 0 Å². The van der Waals surface area contributed by atoms with Crippen molar-refractivity contribution in [3.63, 3.8) is 0 Å². The number of hydrogen-bond donors (Lipinski definition) is 0. The minimum Gasteiger partial charge on any atom is -0.456 e. The molecule has 0 bridgehead atoms. The van der Waals surface area contributed by atoms with Gasteiger partial charge in [0, 0.05) is 23.0 Å². The molecule has 0 aromatic heterocycles. The molecule has 6 fully saturated rings. The Hall–Kier alpha value is -2.23. The third kappa shape index (κ3) is 1.58. The lowest BCUT2D eigenvalue weighted by Gasteiger charge is -2.56. The molecule has 10 unspecified atom stereocenters. The summed E-state index contributed by atoms with van der Waals surface area (Å²) in [6.07, 6.45) is 1.81. The Labute approximate surface area is 195 Å². The van der Waals surface area contributed by atoms with Crippen molar-refractivity contribution in [2.45, 2.75) is 76.5 Å². The second-order valence-corrected chi connectivity index (χ2v) is 12.1. The Balaban J connectivity index is 1.49. The fraction of sp³-hybridized carbons (Fsp3) is 0.720. The van der Waals surface area contributed by atoms with Crippen LogP contribution in [0.15, 0.2) is 23.3 Å². The molecule has 0 aromatic carbocycles. The average molecular weight is 470 g/mol. The number of carbonyl (C=O) groups excluding carboxylic acids is 3. The first-order chi connectivity index (χ1) is 15.9. The molecule has 0 N–H and O–H groups in total. The summed E-state index contributed by atoms with van der Waals surface area (Å²) >= 11 is 0. The highest BCUT2D eigenvalue weighted by Gasteiger charge is 2.97. The fourth-order valence-electron chi connectivity index (χ4n) is 9.14. The zero-order valence-corrected chi connectivity index (χ0v) is 19.6. The number of hydrogen-bond acceptors (Lipinski definition) is 9. The lowest BCUT2D eigenvalue weighted by Crippen LogP contribution is -2.67. The van der Waals surface area contributed by atoms with E-state index in [1.165, 1.54) is 6.08 Å². The predicted octanol–water partition coefficient (Wildman–Crippen LogP) is 1.55. The molecule has 0 radical (unpaired) electrons. The highest BCUT2D eigenvalue weighted by molar-refractivity contribution is 5.91. The zero-order chi connectivity index (χ0) is 23.8. The molecule has 0 aromatic rings. The van der Waals surface area contributed by atoms with Gasteiger partial charge in [-0.2, -0.15) is 0 Å². The molecule has 2 spiro atoms. The van der Waals surface area contributed by atoms with Crippen molar-refractivity contribution < 1.29 is 42.8 Å². The quantitative estimate of drug-likeness (QED) is 0.296. The summed E-state index contributed by atoms with van der Waals surface area (Å²) in [4.78, 5) is 39.9. The van der Waals surface area contributed by atoms with Crippen LogP contribution in [0.1, 0.15) is 41.0 Å². The first-order valence-electron chi connectivity index (χ1n) is 12.0. The SMILES string of the molecule is CC1OC(=O)C23C4C5OC(=O)C4(C)CC4C6(CO6)C6=CC(=O)OC(C)(C)C6=CC(OC12O5)C43C. The van der Waals surface area contributed by atoms with Crippen LogP contribution in [0.5, 0.6) is 0 Å². The van der Waals surface area contributed by atoms with E-state index in [0.717, 1.165) is 11.1 Å². The van der Waals surface area contributed by atoms with E-state index >= 15 is 0 Å². The first-order valence-corrected chi connectivity index (χ1v) is 12.0. The van der Waals surface area contributed by atoms with Gasteiger partial charge in [-0.1, -0.05) is 6.92 Å². The van der Waals surface area contributed by atoms with Gasteiger partial charge in [0.15, 0.2) is 6.10 Å². The maximum absolute atomic E-state index is 14.0. The van der Waals surface area contributed by atoms with Gasteiger partial charge in [0.25, 0.3) is 0 Å². The zero-order valence-electron chi connectivity index (χ0n) is 19.6. The van der Waals surface area contributed by atoms with Crippen molar-refractivity contribution in [3.8, 4) is 0 Å². The summed E-state index contributed by atoms with van der Waals surface area (Å²) in [5.41, 5.74) is -3.30. The minimum absolute atomic E-state index is 0.333. The monoisotopic (exact) mass is 470 g/mol. The Morgan fingerprint density at radius 2 is 1.71 bits per heavy atom. The number of epoxide rings is 1. The Kier molecular flexibility index (Phi) is 2.95. The van der Waals surface area contributed by atoms with E-state index in [2.05, 4.69) is 0 Å². The molecule has 180 valence electrons. The van der Waals surface area contributed by atoms with Gasteiger partial charge in [-0.15, -0.1) is 0 Å². The van der Waals surface area contributed by atoms with Gasteiger partial charge in [0.05, 0.1) is 24.0 Å². The second-order valence-electron chi connectivity index (χ2n) is 12.1. The summed E-state index contributed by atoms with van der Waals surface area (Å²) in [6.45, 7) is 9.76. The normalized spacial score (nSPS) is 58.7. The van der Waals surface area contributed by atoms with Crippen molar-refractivity contribution in [1.29, 1.82) is 0 Å². The van der Waals surface area contributed by atoms with E-state index in [9.17, 15) is 14.4 Å². The van der Waals surface area contributed by atoms with Gasteiger partial charge in [0.2, 0.25) is 12.1 Å². The molecule has 2 aliphatic carbocycles. The van der Waals surface area contributed by atoms with Crippen LogP contribution in [0.25, 0.3) is 0 Å². The smallest absolute Gasteiger partial charge is 0.332 e. The molecular weight excluding hydrogens is 444 g/mol. The molecule has 10 atom stereocenters. The van der Waals surface area contributed by atoms with Crippen molar-refractivity contribution in [1.82, 2.24) is 0 Å². The number of cyclic esters (lactones) is 2. The van der Waals surface area contributed by atoms with Crippen LogP contribution in [0, 0.1) is 28.1 Å². The van der Waals surface area contributed by atoms with Crippen LogP contribution in [0.3, 0.4) is 0 Å². The summed E-state index contributed by atoms with van der Waals surface area (Å²) in [5.74, 6) is -3.49. The third-order valence-electron chi connectivity index (χ3n) is 10.5. The van der Waals surface area contributed by atoms with Crippen molar-refractivity contribution in [3.05, 3.63) is 23.3 Å². The van der Waals surface area contributed by atoms with E-state index < -0.39 is 69.6 Å². The highest BCUT2D eigenvalue weighted by Crippen LogP contribution is 2.84. The molecule has 9 nitrogen and oxygen atoms in total. The van der Waals surface area contributed by atoms with E-state index in [4.69, 9.17) is 28.4 Å². The van der Waals surface area contributed by atoms with Crippen molar-refractivity contribution >= 4 is 17.9 Å². The Morgan fingerprint density at radius 1 is 0.971 bits per heavy atom. The molecule has 5 saturated heterocycles. The first kappa shape index (κ1) is 20.0. The molecule has 8 rings (SSSR count). The van der Waals surface area contributed by atoms with Crippen LogP contribution < -0.4 is 0 Å². The van der Waals surface area contributed by atoms with Gasteiger partial charge in [-0.25, -0.2) is 4.79 Å². The van der Waals surface area contributed by atoms with Crippen molar-refractivity contribution in [2.75, 3.05) is 6.61 Å². The van der Waals surface area contributed by atoms with Gasteiger partial charge in [-0.3, -0.25) is 9.59 Å². The number of rotatable bonds is 0. The van der Waals surface area contributed by atoms with Crippen molar-refractivity contribution in [2.24, 2.45) is 28.1 Å². The summed E-state index contributed by atoms with van der Waals surface area (Å²) in [5, 5.41) is 0. The molecular formula is C25H26O9. The highest BCUT2D eigenvalue weighted by atomic mass is 16.8. The van der Waals surface area contributed by atoms with E-state index in [1.54, 1.807) is 6.92 Å². The average Bonchev–Trinajstić information content (AvgIpc) is 3.31. The maximum Gasteiger partial charge on any atom is 0.332 e. The standard InChI is InChI=1S/C25H26O9/c1-10-25-24(19(28)30-10)16-17(34-25)31-18(27)21(16,4)8-13-22(24,5)14(32-25)6-11-12(23(13)9-29-23)7-15(26)33-20(11,2)3/h6-7,10,13-14,16-17H,8-9H2,1-5H3. The largest absolute Gasteiger partial charge is 0.456 e. The summed E-state index contributed by atoms with van der Waals surface area (Å²) in [7, 11) is 0. The number of fused-ring (bicyclic) bond motifs is 3. The van der Waals surface area contributed by atoms with Gasteiger partial charge >= 0.3 is 17.9 Å². The van der Waals surface area contributed by atoms with E-state index in [1.807, 2.05) is 33.8 Å². The fourth-order valence-corrected chi connectivity index (χ4v) is 9.14. The number of carbonyl (C=O) groups is 3. The second kappa shape index (κ2) is 5.01. The summed E-state index contributed by atoms with van der Waals surface area (Å²) in [6, 6.07) is 0. The molecule has 1 saturated carbocycles. The Bertz CT molecular complexity index is 1210. The predicted molar refractivity (Wildman–Crippen MR) is 109 cm³/mol. The molecule has 8 aliphatic rings. The van der Waals surface area contributed by atoms with Crippen LogP contribution in [0.4, 0.5) is 0 Å². The van der Waals surface area contributed by atoms with Gasteiger partial charge in [-0.05, 0) is 45.8 Å². The molecule has 34 heavy (non-hydrogen) atoms. The van der Waals surface area contributed by atoms with Gasteiger partial charge in [0.1, 0.15) is 16.6 Å². The molecule has 9 heteroatoms. The minimum atomic E-state index is -1.39.